The van der Waals surface area contributed by atoms with Gasteiger partial charge in [-0.1, -0.05) is 11.6 Å². The Morgan fingerprint density at radius 1 is 1.15 bits per heavy atom. The molecular formula is C17H17ClN6O2. The third kappa shape index (κ3) is 2.97. The van der Waals surface area contributed by atoms with Gasteiger partial charge in [-0.15, -0.1) is 0 Å². The summed E-state index contributed by atoms with van der Waals surface area (Å²) >= 11 is 5.98. The molecular weight excluding hydrogens is 356 g/mol. The van der Waals surface area contributed by atoms with Crippen LogP contribution in [0.15, 0.2) is 30.6 Å². The number of rotatable bonds is 2. The number of likely N-dealkylation sites (N-methyl/N-ethyl adjacent to an activating group) is 1. The van der Waals surface area contributed by atoms with Crippen molar-refractivity contribution in [2.45, 2.75) is 0 Å². The van der Waals surface area contributed by atoms with Gasteiger partial charge in [-0.25, -0.2) is 14.8 Å². The second kappa shape index (κ2) is 6.54. The molecule has 134 valence electrons. The van der Waals surface area contributed by atoms with E-state index in [1.807, 2.05) is 12.1 Å². The number of pyridine rings is 2. The number of hydrogen-bond acceptors (Lipinski definition) is 6. The molecule has 1 aliphatic heterocycles. The number of hydrogen-bond donors (Lipinski definition) is 1. The van der Waals surface area contributed by atoms with Crippen LogP contribution in [0.2, 0.25) is 5.15 Å². The van der Waals surface area contributed by atoms with Crippen LogP contribution < -0.4 is 4.90 Å². The standard InChI is InChI=1S/C17H17ClN6O2/c1-22-4-6-23(7-5-22)15-3-2-11(9-20-15)16-12-8-14(18)19-10-13(12)24(21-16)17(25)26/h2-3,8-10H,4-7H2,1H3,(H,25,26). The zero-order chi connectivity index (χ0) is 18.3. The van der Waals surface area contributed by atoms with Gasteiger partial charge in [0.1, 0.15) is 16.7 Å². The van der Waals surface area contributed by atoms with E-state index in [0.717, 1.165) is 42.2 Å². The fourth-order valence-corrected chi connectivity index (χ4v) is 3.25. The van der Waals surface area contributed by atoms with Crippen molar-refractivity contribution in [1.82, 2.24) is 24.6 Å². The summed E-state index contributed by atoms with van der Waals surface area (Å²) in [5.74, 6) is 0.906. The van der Waals surface area contributed by atoms with E-state index in [9.17, 15) is 9.90 Å². The number of fused-ring (bicyclic) bond motifs is 1. The molecule has 0 radical (unpaired) electrons. The summed E-state index contributed by atoms with van der Waals surface area (Å²) in [6, 6.07) is 5.46. The Balaban J connectivity index is 1.71. The molecule has 4 rings (SSSR count). The number of anilines is 1. The lowest BCUT2D eigenvalue weighted by molar-refractivity contribution is 0.194. The van der Waals surface area contributed by atoms with Gasteiger partial charge < -0.3 is 14.9 Å². The first-order valence-electron chi connectivity index (χ1n) is 8.20. The Bertz CT molecular complexity index is 963. The maximum absolute atomic E-state index is 11.4. The van der Waals surface area contributed by atoms with Crippen LogP contribution >= 0.6 is 11.6 Å². The van der Waals surface area contributed by atoms with Crippen molar-refractivity contribution in [3.8, 4) is 11.3 Å². The van der Waals surface area contributed by atoms with Crippen molar-refractivity contribution in [2.24, 2.45) is 0 Å². The van der Waals surface area contributed by atoms with Crippen LogP contribution in [0.25, 0.3) is 22.2 Å². The van der Waals surface area contributed by atoms with Crippen LogP contribution in [0.5, 0.6) is 0 Å². The summed E-state index contributed by atoms with van der Waals surface area (Å²) < 4.78 is 0.905. The second-order valence-electron chi connectivity index (χ2n) is 6.26. The molecule has 1 fully saturated rings. The Labute approximate surface area is 154 Å². The van der Waals surface area contributed by atoms with Gasteiger partial charge in [-0.2, -0.15) is 9.78 Å². The molecule has 0 spiro atoms. The van der Waals surface area contributed by atoms with Gasteiger partial charge in [-0.3, -0.25) is 0 Å². The molecule has 1 N–H and O–H groups in total. The molecule has 0 unspecified atom stereocenters. The Morgan fingerprint density at radius 3 is 2.58 bits per heavy atom. The van der Waals surface area contributed by atoms with Crippen molar-refractivity contribution in [1.29, 1.82) is 0 Å². The maximum Gasteiger partial charge on any atom is 0.432 e. The predicted molar refractivity (Wildman–Crippen MR) is 98.9 cm³/mol. The average molecular weight is 373 g/mol. The molecule has 26 heavy (non-hydrogen) atoms. The van der Waals surface area contributed by atoms with Crippen LogP contribution in [0, 0.1) is 0 Å². The first-order valence-corrected chi connectivity index (χ1v) is 8.58. The number of carbonyl (C=O) groups is 1. The molecule has 4 heterocycles. The monoisotopic (exact) mass is 372 g/mol. The van der Waals surface area contributed by atoms with Gasteiger partial charge in [-0.05, 0) is 25.2 Å². The van der Waals surface area contributed by atoms with Crippen LogP contribution in [-0.4, -0.2) is 69.1 Å². The normalized spacial score (nSPS) is 15.5. The molecule has 9 heteroatoms. The molecule has 0 atom stereocenters. The summed E-state index contributed by atoms with van der Waals surface area (Å²) in [4.78, 5) is 24.5. The molecule has 8 nitrogen and oxygen atoms in total. The Morgan fingerprint density at radius 2 is 1.92 bits per heavy atom. The van der Waals surface area contributed by atoms with Crippen LogP contribution in [0.1, 0.15) is 0 Å². The van der Waals surface area contributed by atoms with E-state index >= 15 is 0 Å². The molecule has 0 bridgehead atoms. The third-order valence-electron chi connectivity index (χ3n) is 4.56. The molecule has 0 aliphatic carbocycles. The van der Waals surface area contributed by atoms with Crippen molar-refractivity contribution in [3.63, 3.8) is 0 Å². The summed E-state index contributed by atoms with van der Waals surface area (Å²) in [5.41, 5.74) is 1.64. The molecule has 0 aromatic carbocycles. The number of carboxylic acid groups (broad SMARTS) is 1. The first kappa shape index (κ1) is 16.7. The van der Waals surface area contributed by atoms with Crippen LogP contribution in [0.3, 0.4) is 0 Å². The summed E-state index contributed by atoms with van der Waals surface area (Å²) in [7, 11) is 2.11. The zero-order valence-corrected chi connectivity index (χ0v) is 14.9. The summed E-state index contributed by atoms with van der Waals surface area (Å²) in [6.45, 7) is 3.87. The highest BCUT2D eigenvalue weighted by atomic mass is 35.5. The van der Waals surface area contributed by atoms with E-state index in [2.05, 4.69) is 31.9 Å². The van der Waals surface area contributed by atoms with Gasteiger partial charge in [0.05, 0.1) is 11.7 Å². The average Bonchev–Trinajstić information content (AvgIpc) is 3.01. The smallest absolute Gasteiger partial charge is 0.432 e. The lowest BCUT2D eigenvalue weighted by atomic mass is 10.1. The van der Waals surface area contributed by atoms with E-state index in [-0.39, 0.29) is 5.15 Å². The zero-order valence-electron chi connectivity index (χ0n) is 14.1. The highest BCUT2D eigenvalue weighted by Gasteiger charge is 2.19. The lowest BCUT2D eigenvalue weighted by Crippen LogP contribution is -2.44. The Hall–Kier alpha value is -2.71. The van der Waals surface area contributed by atoms with E-state index in [4.69, 9.17) is 11.6 Å². The first-order chi connectivity index (χ1) is 12.5. The molecule has 3 aromatic heterocycles. The molecule has 0 saturated carbocycles. The fourth-order valence-electron chi connectivity index (χ4n) is 3.10. The van der Waals surface area contributed by atoms with Crippen LogP contribution in [0.4, 0.5) is 10.6 Å². The molecule has 1 aliphatic rings. The summed E-state index contributed by atoms with van der Waals surface area (Å²) in [5, 5.41) is 14.5. The van der Waals surface area contributed by atoms with Gasteiger partial charge in [0, 0.05) is 43.3 Å². The SMILES string of the molecule is CN1CCN(c2ccc(-c3nn(C(=O)O)c4cnc(Cl)cc34)cn2)CC1. The van der Waals surface area contributed by atoms with E-state index in [1.165, 1.54) is 6.20 Å². The maximum atomic E-state index is 11.4. The highest BCUT2D eigenvalue weighted by Crippen LogP contribution is 2.29. The summed E-state index contributed by atoms with van der Waals surface area (Å²) in [6.07, 6.45) is 1.96. The molecule has 1 saturated heterocycles. The van der Waals surface area contributed by atoms with Crippen molar-refractivity contribution >= 4 is 34.4 Å². The van der Waals surface area contributed by atoms with Crippen molar-refractivity contribution < 1.29 is 9.90 Å². The van der Waals surface area contributed by atoms with Gasteiger partial charge in [0.15, 0.2) is 0 Å². The topological polar surface area (TPSA) is 87.4 Å². The lowest BCUT2D eigenvalue weighted by Gasteiger charge is -2.33. The number of halogens is 1. The van der Waals surface area contributed by atoms with E-state index in [0.29, 0.717) is 16.6 Å². The number of nitrogens with zero attached hydrogens (tertiary/aromatic N) is 6. The minimum atomic E-state index is -1.17. The van der Waals surface area contributed by atoms with Crippen LogP contribution in [-0.2, 0) is 0 Å². The minimum Gasteiger partial charge on any atom is -0.463 e. The number of piperazine rings is 1. The molecule has 3 aromatic rings. The van der Waals surface area contributed by atoms with Gasteiger partial charge in [0.25, 0.3) is 0 Å². The third-order valence-corrected chi connectivity index (χ3v) is 4.77. The minimum absolute atomic E-state index is 0.283. The largest absolute Gasteiger partial charge is 0.463 e. The highest BCUT2D eigenvalue weighted by molar-refractivity contribution is 6.30. The van der Waals surface area contributed by atoms with Crippen molar-refractivity contribution in [3.05, 3.63) is 35.7 Å². The van der Waals surface area contributed by atoms with E-state index in [1.54, 1.807) is 12.3 Å². The second-order valence-corrected chi connectivity index (χ2v) is 6.65. The van der Waals surface area contributed by atoms with Gasteiger partial charge >= 0.3 is 6.09 Å². The quantitative estimate of drug-likeness (QED) is 0.691. The van der Waals surface area contributed by atoms with Gasteiger partial charge in [0.2, 0.25) is 0 Å². The predicted octanol–water partition coefficient (Wildman–Crippen LogP) is 2.42. The Kier molecular flexibility index (Phi) is 4.21. The molecule has 0 amide bonds. The van der Waals surface area contributed by atoms with E-state index < -0.39 is 6.09 Å². The van der Waals surface area contributed by atoms with Crippen molar-refractivity contribution in [2.75, 3.05) is 38.1 Å². The fraction of sp³-hybridized carbons (Fsp3) is 0.294. The number of aromatic nitrogens is 4.